The minimum atomic E-state index is -0.779. The first kappa shape index (κ1) is 24.3. The summed E-state index contributed by atoms with van der Waals surface area (Å²) in [6, 6.07) is 8.21. The SMILES string of the molecule is Cc1cc(C)nc(SCc2ccc(C(=O)NNC(=O)C(C)NC(=O)C(C)(C)C)cc2)n1. The molecule has 0 bridgehead atoms. The molecule has 1 aromatic heterocycles. The number of amides is 3. The number of nitrogens with zero attached hydrogens (tertiary/aromatic N) is 2. The molecule has 2 rings (SSSR count). The zero-order chi connectivity index (χ0) is 23.2. The van der Waals surface area contributed by atoms with E-state index < -0.39 is 23.3 Å². The van der Waals surface area contributed by atoms with Gasteiger partial charge >= 0.3 is 0 Å². The van der Waals surface area contributed by atoms with Gasteiger partial charge in [0.25, 0.3) is 11.8 Å². The second kappa shape index (κ2) is 10.4. The average Bonchev–Trinajstić information content (AvgIpc) is 2.69. The van der Waals surface area contributed by atoms with Gasteiger partial charge in [-0.25, -0.2) is 9.97 Å². The predicted octanol–water partition coefficient (Wildman–Crippen LogP) is 2.70. The Balaban J connectivity index is 1.84. The number of aryl methyl sites for hydroxylation is 2. The highest BCUT2D eigenvalue weighted by Crippen LogP contribution is 2.20. The summed E-state index contributed by atoms with van der Waals surface area (Å²) in [6.07, 6.45) is 0. The quantitative estimate of drug-likeness (QED) is 0.359. The molecule has 1 unspecified atom stereocenters. The normalized spacial score (nSPS) is 12.1. The van der Waals surface area contributed by atoms with Crippen LogP contribution in [0.1, 0.15) is 55.0 Å². The minimum absolute atomic E-state index is 0.249. The Labute approximate surface area is 187 Å². The topological polar surface area (TPSA) is 113 Å². The Morgan fingerprint density at radius 3 is 2.13 bits per heavy atom. The molecule has 3 N–H and O–H groups in total. The molecule has 1 heterocycles. The van der Waals surface area contributed by atoms with Gasteiger partial charge in [-0.3, -0.25) is 25.2 Å². The van der Waals surface area contributed by atoms with E-state index in [9.17, 15) is 14.4 Å². The van der Waals surface area contributed by atoms with Crippen molar-refractivity contribution in [3.63, 3.8) is 0 Å². The maximum absolute atomic E-state index is 12.3. The Morgan fingerprint density at radius 1 is 1.00 bits per heavy atom. The van der Waals surface area contributed by atoms with Crippen LogP contribution in [-0.2, 0) is 15.3 Å². The van der Waals surface area contributed by atoms with Crippen molar-refractivity contribution in [1.82, 2.24) is 26.1 Å². The maximum atomic E-state index is 12.3. The molecular weight excluding hydrogens is 414 g/mol. The van der Waals surface area contributed by atoms with Crippen LogP contribution in [0.2, 0.25) is 0 Å². The Hall–Kier alpha value is -2.94. The summed E-state index contributed by atoms with van der Waals surface area (Å²) >= 11 is 1.53. The van der Waals surface area contributed by atoms with E-state index in [0.29, 0.717) is 11.3 Å². The molecule has 1 atom stereocenters. The fourth-order valence-corrected chi connectivity index (χ4v) is 3.34. The lowest BCUT2D eigenvalue weighted by atomic mass is 9.95. The molecule has 31 heavy (non-hydrogen) atoms. The van der Waals surface area contributed by atoms with Gasteiger partial charge in [-0.1, -0.05) is 44.7 Å². The van der Waals surface area contributed by atoms with Crippen molar-refractivity contribution < 1.29 is 14.4 Å². The van der Waals surface area contributed by atoms with Crippen LogP contribution in [0, 0.1) is 19.3 Å². The van der Waals surface area contributed by atoms with Gasteiger partial charge in [0.15, 0.2) is 5.16 Å². The van der Waals surface area contributed by atoms with Gasteiger partial charge in [-0.05, 0) is 44.5 Å². The lowest BCUT2D eigenvalue weighted by Crippen LogP contribution is -2.52. The molecule has 1 aromatic carbocycles. The number of hydrazine groups is 1. The smallest absolute Gasteiger partial charge is 0.269 e. The van der Waals surface area contributed by atoms with E-state index in [0.717, 1.165) is 22.1 Å². The van der Waals surface area contributed by atoms with Crippen LogP contribution < -0.4 is 16.2 Å². The first-order valence-electron chi connectivity index (χ1n) is 9.91. The van der Waals surface area contributed by atoms with Crippen LogP contribution in [0.4, 0.5) is 0 Å². The van der Waals surface area contributed by atoms with Crippen molar-refractivity contribution in [3.05, 3.63) is 52.8 Å². The molecule has 0 aliphatic heterocycles. The first-order chi connectivity index (χ1) is 14.5. The van der Waals surface area contributed by atoms with Gasteiger partial charge in [-0.15, -0.1) is 0 Å². The molecule has 0 aliphatic carbocycles. The number of rotatable bonds is 6. The summed E-state index contributed by atoms with van der Waals surface area (Å²) in [6.45, 7) is 10.7. The van der Waals surface area contributed by atoms with E-state index in [-0.39, 0.29) is 5.91 Å². The van der Waals surface area contributed by atoms with Gasteiger partial charge in [0, 0.05) is 28.1 Å². The van der Waals surface area contributed by atoms with E-state index in [1.54, 1.807) is 39.8 Å². The summed E-state index contributed by atoms with van der Waals surface area (Å²) in [5.74, 6) is -0.528. The Bertz CT molecular complexity index is 934. The summed E-state index contributed by atoms with van der Waals surface area (Å²) in [4.78, 5) is 45.2. The molecule has 8 nitrogen and oxygen atoms in total. The second-order valence-electron chi connectivity index (χ2n) is 8.31. The Kier molecular flexibility index (Phi) is 8.15. The summed E-state index contributed by atoms with van der Waals surface area (Å²) in [5.41, 5.74) is 7.37. The standard InChI is InChI=1S/C22H29N5O3S/c1-13-11-14(2)24-21(23-13)31-12-16-7-9-17(10-8-16)19(29)27-26-18(28)15(3)25-20(30)22(4,5)6/h7-11,15H,12H2,1-6H3,(H,25,30)(H,26,28)(H,27,29). The van der Waals surface area contributed by atoms with Crippen molar-refractivity contribution in [2.24, 2.45) is 5.41 Å². The monoisotopic (exact) mass is 443 g/mol. The maximum Gasteiger partial charge on any atom is 0.269 e. The largest absolute Gasteiger partial charge is 0.344 e. The van der Waals surface area contributed by atoms with Crippen LogP contribution >= 0.6 is 11.8 Å². The molecule has 0 aliphatic rings. The fourth-order valence-electron chi connectivity index (χ4n) is 2.44. The highest BCUT2D eigenvalue weighted by atomic mass is 32.2. The van der Waals surface area contributed by atoms with Crippen LogP contribution in [0.5, 0.6) is 0 Å². The number of carbonyl (C=O) groups excluding carboxylic acids is 3. The third kappa shape index (κ3) is 7.67. The van der Waals surface area contributed by atoms with Crippen molar-refractivity contribution in [1.29, 1.82) is 0 Å². The van der Waals surface area contributed by atoms with E-state index in [2.05, 4.69) is 26.1 Å². The molecule has 0 saturated carbocycles. The van der Waals surface area contributed by atoms with E-state index >= 15 is 0 Å². The molecule has 0 saturated heterocycles. The van der Waals surface area contributed by atoms with Gasteiger partial charge < -0.3 is 5.32 Å². The van der Waals surface area contributed by atoms with E-state index in [1.807, 2.05) is 32.0 Å². The number of hydrogen-bond acceptors (Lipinski definition) is 6. The van der Waals surface area contributed by atoms with E-state index in [1.165, 1.54) is 11.8 Å². The average molecular weight is 444 g/mol. The van der Waals surface area contributed by atoms with Crippen LogP contribution in [0.3, 0.4) is 0 Å². The van der Waals surface area contributed by atoms with Gasteiger partial charge in [-0.2, -0.15) is 0 Å². The number of carbonyl (C=O) groups is 3. The summed E-state index contributed by atoms with van der Waals surface area (Å²) < 4.78 is 0. The van der Waals surface area contributed by atoms with Crippen LogP contribution in [0.15, 0.2) is 35.5 Å². The highest BCUT2D eigenvalue weighted by molar-refractivity contribution is 7.98. The Morgan fingerprint density at radius 2 is 1.58 bits per heavy atom. The first-order valence-corrected chi connectivity index (χ1v) is 10.9. The molecule has 2 aromatic rings. The lowest BCUT2D eigenvalue weighted by Gasteiger charge is -2.21. The predicted molar refractivity (Wildman–Crippen MR) is 120 cm³/mol. The number of thioether (sulfide) groups is 1. The number of benzene rings is 1. The van der Waals surface area contributed by atoms with Crippen LogP contribution in [0.25, 0.3) is 0 Å². The second-order valence-corrected chi connectivity index (χ2v) is 9.25. The summed E-state index contributed by atoms with van der Waals surface area (Å²) in [5, 5.41) is 3.33. The number of hydrogen-bond donors (Lipinski definition) is 3. The van der Waals surface area contributed by atoms with Gasteiger partial charge in [0.2, 0.25) is 5.91 Å². The number of aromatic nitrogens is 2. The number of nitrogens with one attached hydrogen (secondary N) is 3. The molecule has 0 radical (unpaired) electrons. The van der Waals surface area contributed by atoms with Gasteiger partial charge in [0.1, 0.15) is 6.04 Å². The zero-order valence-electron chi connectivity index (χ0n) is 18.7. The van der Waals surface area contributed by atoms with E-state index in [4.69, 9.17) is 0 Å². The summed E-state index contributed by atoms with van der Waals surface area (Å²) in [7, 11) is 0. The highest BCUT2D eigenvalue weighted by Gasteiger charge is 2.25. The third-order valence-electron chi connectivity index (χ3n) is 4.27. The zero-order valence-corrected chi connectivity index (χ0v) is 19.5. The molecule has 3 amide bonds. The minimum Gasteiger partial charge on any atom is -0.344 e. The van der Waals surface area contributed by atoms with Crippen molar-refractivity contribution >= 4 is 29.5 Å². The van der Waals surface area contributed by atoms with Crippen LogP contribution in [-0.4, -0.2) is 33.7 Å². The molecule has 166 valence electrons. The molecule has 9 heteroatoms. The fraction of sp³-hybridized carbons (Fsp3) is 0.409. The van der Waals surface area contributed by atoms with Crippen molar-refractivity contribution in [2.75, 3.05) is 0 Å². The van der Waals surface area contributed by atoms with Crippen molar-refractivity contribution in [3.8, 4) is 0 Å². The molecule has 0 fully saturated rings. The lowest BCUT2D eigenvalue weighted by molar-refractivity contribution is -0.133. The molecular formula is C22H29N5O3S. The molecule has 0 spiro atoms. The van der Waals surface area contributed by atoms with Gasteiger partial charge in [0.05, 0.1) is 0 Å². The third-order valence-corrected chi connectivity index (χ3v) is 5.19. The van der Waals surface area contributed by atoms with Crippen molar-refractivity contribution in [2.45, 2.75) is 58.5 Å².